The molecule has 76 valence electrons. The molecule has 0 spiro atoms. The summed E-state index contributed by atoms with van der Waals surface area (Å²) in [5, 5.41) is 0. The molecular formula is C10H10F2O2. The quantitative estimate of drug-likeness (QED) is 0.598. The largest absolute Gasteiger partial charge is 0.586 e. The number of ether oxygens (including phenoxy) is 2. The van der Waals surface area contributed by atoms with E-state index >= 15 is 0 Å². The van der Waals surface area contributed by atoms with Gasteiger partial charge < -0.3 is 9.47 Å². The van der Waals surface area contributed by atoms with Crippen molar-refractivity contribution in [2.45, 2.75) is 20.1 Å². The standard InChI is InChI=1S/C10H10F2O2/c1-9(2)5-3-7-8(4-6-9)14-10(11,12)13-7/h3-6H,1-2H3. The smallest absolute Gasteiger partial charge is 0.395 e. The van der Waals surface area contributed by atoms with Gasteiger partial charge in [0.05, 0.1) is 0 Å². The molecule has 0 aromatic rings. The minimum atomic E-state index is -3.53. The predicted molar refractivity (Wildman–Crippen MR) is 46.2 cm³/mol. The highest BCUT2D eigenvalue weighted by atomic mass is 19.3. The summed E-state index contributed by atoms with van der Waals surface area (Å²) in [6, 6.07) is 0. The first-order chi connectivity index (χ1) is 6.38. The molecule has 0 bridgehead atoms. The summed E-state index contributed by atoms with van der Waals surface area (Å²) in [6.07, 6.45) is 3.07. The molecule has 0 amide bonds. The van der Waals surface area contributed by atoms with Gasteiger partial charge in [-0.3, -0.25) is 0 Å². The average Bonchev–Trinajstić information content (AvgIpc) is 2.27. The molecule has 2 aliphatic rings. The highest BCUT2D eigenvalue weighted by Gasteiger charge is 2.44. The second-order valence-electron chi connectivity index (χ2n) is 3.88. The van der Waals surface area contributed by atoms with Crippen LogP contribution in [0.5, 0.6) is 0 Å². The van der Waals surface area contributed by atoms with Crippen molar-refractivity contribution in [2.75, 3.05) is 0 Å². The van der Waals surface area contributed by atoms with Gasteiger partial charge in [-0.25, -0.2) is 0 Å². The van der Waals surface area contributed by atoms with Gasteiger partial charge in [0.1, 0.15) is 0 Å². The number of rotatable bonds is 0. The second-order valence-corrected chi connectivity index (χ2v) is 3.88. The second kappa shape index (κ2) is 2.59. The maximum absolute atomic E-state index is 12.6. The van der Waals surface area contributed by atoms with E-state index in [0.29, 0.717) is 0 Å². The molecule has 2 nitrogen and oxygen atoms in total. The molecule has 0 unspecified atom stereocenters. The third-order valence-corrected chi connectivity index (χ3v) is 2.03. The molecule has 14 heavy (non-hydrogen) atoms. The SMILES string of the molecule is CC1(C)C=CC2=C(C=C1)OC(F)(F)O2. The Morgan fingerprint density at radius 3 is 1.86 bits per heavy atom. The van der Waals surface area contributed by atoms with Gasteiger partial charge in [-0.2, -0.15) is 0 Å². The zero-order valence-electron chi connectivity index (χ0n) is 7.88. The first kappa shape index (κ1) is 9.24. The number of allylic oxidation sites excluding steroid dienone is 4. The van der Waals surface area contributed by atoms with Crippen LogP contribution < -0.4 is 0 Å². The molecule has 4 heteroatoms. The third kappa shape index (κ3) is 1.64. The van der Waals surface area contributed by atoms with Crippen LogP contribution in [0.15, 0.2) is 35.8 Å². The van der Waals surface area contributed by atoms with Crippen molar-refractivity contribution < 1.29 is 18.3 Å². The van der Waals surface area contributed by atoms with Crippen LogP contribution in [-0.4, -0.2) is 6.29 Å². The van der Waals surface area contributed by atoms with Crippen LogP contribution in [0, 0.1) is 5.41 Å². The van der Waals surface area contributed by atoms with Crippen molar-refractivity contribution in [3.05, 3.63) is 35.8 Å². The fourth-order valence-corrected chi connectivity index (χ4v) is 1.25. The van der Waals surface area contributed by atoms with Gasteiger partial charge in [0.25, 0.3) is 0 Å². The maximum Gasteiger partial charge on any atom is 0.586 e. The van der Waals surface area contributed by atoms with E-state index in [-0.39, 0.29) is 16.9 Å². The zero-order valence-corrected chi connectivity index (χ0v) is 7.88. The van der Waals surface area contributed by atoms with E-state index in [1.807, 2.05) is 13.8 Å². The van der Waals surface area contributed by atoms with Crippen LogP contribution >= 0.6 is 0 Å². The summed E-state index contributed by atoms with van der Waals surface area (Å²) in [6.45, 7) is 3.92. The van der Waals surface area contributed by atoms with E-state index in [1.54, 1.807) is 12.2 Å². The topological polar surface area (TPSA) is 18.5 Å². The van der Waals surface area contributed by atoms with E-state index in [9.17, 15) is 8.78 Å². The van der Waals surface area contributed by atoms with Gasteiger partial charge in [-0.1, -0.05) is 26.0 Å². The van der Waals surface area contributed by atoms with Crippen molar-refractivity contribution in [1.82, 2.24) is 0 Å². The van der Waals surface area contributed by atoms with E-state index in [4.69, 9.17) is 0 Å². The van der Waals surface area contributed by atoms with Crippen molar-refractivity contribution in [2.24, 2.45) is 5.41 Å². The Balaban J connectivity index is 2.30. The molecule has 0 saturated heterocycles. The summed E-state index contributed by atoms with van der Waals surface area (Å²) in [5.74, 6) is 0.161. The minimum Gasteiger partial charge on any atom is -0.395 e. The van der Waals surface area contributed by atoms with Gasteiger partial charge in [-0.05, 0) is 12.2 Å². The lowest BCUT2D eigenvalue weighted by atomic mass is 9.93. The third-order valence-electron chi connectivity index (χ3n) is 2.03. The van der Waals surface area contributed by atoms with Crippen LogP contribution in [0.2, 0.25) is 0 Å². The van der Waals surface area contributed by atoms with Crippen LogP contribution in [0.3, 0.4) is 0 Å². The lowest BCUT2D eigenvalue weighted by molar-refractivity contribution is -0.335. The van der Waals surface area contributed by atoms with Gasteiger partial charge in [-0.15, -0.1) is 8.78 Å². The molecule has 0 radical (unpaired) electrons. The van der Waals surface area contributed by atoms with E-state index in [0.717, 1.165) is 0 Å². The molecule has 0 aromatic heterocycles. The van der Waals surface area contributed by atoms with Gasteiger partial charge in [0.15, 0.2) is 11.5 Å². The molecule has 0 saturated carbocycles. The number of hydrogen-bond donors (Lipinski definition) is 0. The molecule has 0 fully saturated rings. The van der Waals surface area contributed by atoms with Crippen LogP contribution in [-0.2, 0) is 9.47 Å². The number of alkyl halides is 2. The highest BCUT2D eigenvalue weighted by Crippen LogP contribution is 2.37. The fraction of sp³-hybridized carbons (Fsp3) is 0.400. The van der Waals surface area contributed by atoms with Crippen molar-refractivity contribution in [1.29, 1.82) is 0 Å². The molecule has 1 heterocycles. The summed E-state index contributed by atoms with van der Waals surface area (Å²) < 4.78 is 33.9. The average molecular weight is 200 g/mol. The lowest BCUT2D eigenvalue weighted by Crippen LogP contribution is -2.16. The Bertz CT molecular complexity index is 321. The zero-order chi connectivity index (χ0) is 10.4. The fourth-order valence-electron chi connectivity index (χ4n) is 1.25. The van der Waals surface area contributed by atoms with Crippen molar-refractivity contribution in [3.8, 4) is 0 Å². The molecule has 0 N–H and O–H groups in total. The van der Waals surface area contributed by atoms with Gasteiger partial charge in [0.2, 0.25) is 0 Å². The van der Waals surface area contributed by atoms with Crippen LogP contribution in [0.25, 0.3) is 0 Å². The first-order valence-electron chi connectivity index (χ1n) is 4.27. The summed E-state index contributed by atoms with van der Waals surface area (Å²) in [7, 11) is 0. The Hall–Kier alpha value is -1.32. The van der Waals surface area contributed by atoms with Crippen molar-refractivity contribution >= 4 is 0 Å². The molecular weight excluding hydrogens is 190 g/mol. The monoisotopic (exact) mass is 200 g/mol. The normalized spacial score (nSPS) is 26.6. The Labute approximate surface area is 80.5 Å². The number of halogens is 2. The van der Waals surface area contributed by atoms with E-state index in [1.165, 1.54) is 12.2 Å². The Morgan fingerprint density at radius 1 is 1.00 bits per heavy atom. The summed E-state index contributed by atoms with van der Waals surface area (Å²) >= 11 is 0. The van der Waals surface area contributed by atoms with Gasteiger partial charge in [0, 0.05) is 5.41 Å². The molecule has 1 aliphatic heterocycles. The van der Waals surface area contributed by atoms with Crippen molar-refractivity contribution in [3.63, 3.8) is 0 Å². The minimum absolute atomic E-state index is 0.0804. The van der Waals surface area contributed by atoms with E-state index in [2.05, 4.69) is 9.47 Å². The Kier molecular flexibility index (Phi) is 1.71. The Morgan fingerprint density at radius 2 is 1.43 bits per heavy atom. The van der Waals surface area contributed by atoms with Gasteiger partial charge >= 0.3 is 6.29 Å². The molecule has 1 aliphatic carbocycles. The number of hydrogen-bond acceptors (Lipinski definition) is 2. The summed E-state index contributed by atoms with van der Waals surface area (Å²) in [4.78, 5) is 0. The van der Waals surface area contributed by atoms with E-state index < -0.39 is 6.29 Å². The maximum atomic E-state index is 12.6. The highest BCUT2D eigenvalue weighted by molar-refractivity contribution is 5.33. The lowest BCUT2D eigenvalue weighted by Gasteiger charge is -2.14. The molecule has 2 rings (SSSR count). The predicted octanol–water partition coefficient (Wildman–Crippen LogP) is 2.95. The molecule has 0 aromatic carbocycles. The molecule has 0 atom stereocenters. The summed E-state index contributed by atoms with van der Waals surface area (Å²) in [5.41, 5.74) is -0.174. The van der Waals surface area contributed by atoms with Crippen LogP contribution in [0.4, 0.5) is 8.78 Å². The first-order valence-corrected chi connectivity index (χ1v) is 4.27. The van der Waals surface area contributed by atoms with Crippen LogP contribution in [0.1, 0.15) is 13.8 Å².